The van der Waals surface area contributed by atoms with Gasteiger partial charge in [0.05, 0.1) is 12.6 Å². The number of rotatable bonds is 2. The van der Waals surface area contributed by atoms with Crippen LogP contribution in [0, 0.1) is 0 Å². The molecule has 0 bridgehead atoms. The molecule has 3 N–H and O–H groups in total. The largest absolute Gasteiger partial charge is 0.446 e. The van der Waals surface area contributed by atoms with Crippen molar-refractivity contribution in [3.8, 4) is 0 Å². The molecule has 1 atom stereocenters. The second-order valence-corrected chi connectivity index (χ2v) is 2.11. The topological polar surface area (TPSA) is 72.3 Å². The first-order valence-electron chi connectivity index (χ1n) is 3.04. The smallest absolute Gasteiger partial charge is 0.181 e. The fourth-order valence-corrected chi connectivity index (χ4v) is 0.767. The highest BCUT2D eigenvalue weighted by atomic mass is 16.3. The molecule has 1 unspecified atom stereocenters. The van der Waals surface area contributed by atoms with Gasteiger partial charge in [0.25, 0.3) is 0 Å². The molecule has 4 heteroatoms. The molecule has 4 nitrogen and oxygen atoms in total. The van der Waals surface area contributed by atoms with Gasteiger partial charge in [-0.3, -0.25) is 0 Å². The number of aromatic nitrogens is 1. The number of aliphatic hydroxyl groups is 1. The molecule has 1 aromatic heterocycles. The summed E-state index contributed by atoms with van der Waals surface area (Å²) in [7, 11) is 0. The van der Waals surface area contributed by atoms with Crippen LogP contribution in [0.3, 0.4) is 0 Å². The van der Waals surface area contributed by atoms with Crippen molar-refractivity contribution in [2.24, 2.45) is 5.73 Å². The molecule has 1 aromatic rings. The molecule has 0 saturated carbocycles. The summed E-state index contributed by atoms with van der Waals surface area (Å²) < 4.78 is 4.92. The van der Waals surface area contributed by atoms with E-state index in [0.29, 0.717) is 11.5 Å². The Morgan fingerprint density at radius 1 is 1.90 bits per heavy atom. The molecule has 56 valence electrons. The van der Waals surface area contributed by atoms with Crippen LogP contribution in [-0.2, 0) is 6.61 Å². The summed E-state index contributed by atoms with van der Waals surface area (Å²) in [6, 6.07) is -0.204. The maximum atomic E-state index is 8.68. The standard InChI is InChI=1S/C6H10N2O2/c1-4(7)6-5(2-9)8-3-10-6/h3-4,9H,2,7H2,1H3. The maximum absolute atomic E-state index is 8.68. The number of nitrogens with two attached hydrogens (primary N) is 1. The number of hydrogen-bond donors (Lipinski definition) is 2. The van der Waals surface area contributed by atoms with E-state index in [-0.39, 0.29) is 12.6 Å². The number of oxazole rings is 1. The van der Waals surface area contributed by atoms with Crippen molar-refractivity contribution in [2.75, 3.05) is 0 Å². The lowest BCUT2D eigenvalue weighted by atomic mass is 10.2. The minimum absolute atomic E-state index is 0.118. The van der Waals surface area contributed by atoms with E-state index in [9.17, 15) is 0 Å². The van der Waals surface area contributed by atoms with E-state index < -0.39 is 0 Å². The van der Waals surface area contributed by atoms with Crippen molar-refractivity contribution < 1.29 is 9.52 Å². The molecule has 0 saturated heterocycles. The molecule has 0 aromatic carbocycles. The molecule has 0 aliphatic carbocycles. The number of aliphatic hydroxyl groups excluding tert-OH is 1. The summed E-state index contributed by atoms with van der Waals surface area (Å²) in [6.45, 7) is 1.66. The molecule has 1 heterocycles. The van der Waals surface area contributed by atoms with Crippen molar-refractivity contribution in [1.82, 2.24) is 4.98 Å². The lowest BCUT2D eigenvalue weighted by molar-refractivity contribution is 0.273. The highest BCUT2D eigenvalue weighted by Crippen LogP contribution is 2.13. The second kappa shape index (κ2) is 2.81. The quantitative estimate of drug-likeness (QED) is 0.618. The molecule has 0 aliphatic heterocycles. The van der Waals surface area contributed by atoms with E-state index >= 15 is 0 Å². The summed E-state index contributed by atoms with van der Waals surface area (Å²) in [6.07, 6.45) is 1.28. The Balaban J connectivity index is 2.90. The van der Waals surface area contributed by atoms with E-state index in [1.807, 2.05) is 0 Å². The Kier molecular flexibility index (Phi) is 2.03. The molecule has 0 spiro atoms. The first kappa shape index (κ1) is 7.24. The summed E-state index contributed by atoms with van der Waals surface area (Å²) in [5.74, 6) is 0.558. The molecule has 0 radical (unpaired) electrons. The zero-order chi connectivity index (χ0) is 7.56. The average Bonchev–Trinajstić information content (AvgIpc) is 2.33. The zero-order valence-corrected chi connectivity index (χ0v) is 5.74. The van der Waals surface area contributed by atoms with Gasteiger partial charge in [0.2, 0.25) is 0 Å². The predicted molar refractivity (Wildman–Crippen MR) is 35.0 cm³/mol. The molecular weight excluding hydrogens is 132 g/mol. The normalized spacial score (nSPS) is 13.5. The van der Waals surface area contributed by atoms with Crippen molar-refractivity contribution in [2.45, 2.75) is 19.6 Å². The van der Waals surface area contributed by atoms with Gasteiger partial charge < -0.3 is 15.3 Å². The van der Waals surface area contributed by atoms with Crippen LogP contribution in [0.25, 0.3) is 0 Å². The number of nitrogens with zero attached hydrogens (tertiary/aromatic N) is 1. The average molecular weight is 142 g/mol. The van der Waals surface area contributed by atoms with Crippen LogP contribution in [0.5, 0.6) is 0 Å². The van der Waals surface area contributed by atoms with E-state index in [2.05, 4.69) is 4.98 Å². The van der Waals surface area contributed by atoms with Crippen LogP contribution >= 0.6 is 0 Å². The third-order valence-electron chi connectivity index (χ3n) is 1.24. The summed E-state index contributed by atoms with van der Waals surface area (Å²) in [5.41, 5.74) is 6.01. The summed E-state index contributed by atoms with van der Waals surface area (Å²) in [5, 5.41) is 8.68. The minimum atomic E-state index is -0.204. The lowest BCUT2D eigenvalue weighted by Gasteiger charge is -1.99. The van der Waals surface area contributed by atoms with Crippen LogP contribution in [0.1, 0.15) is 24.4 Å². The van der Waals surface area contributed by atoms with Crippen LogP contribution in [0.15, 0.2) is 10.8 Å². The summed E-state index contributed by atoms with van der Waals surface area (Å²) >= 11 is 0. The molecule has 0 amide bonds. The Bertz CT molecular complexity index is 207. The van der Waals surface area contributed by atoms with Crippen LogP contribution in [0.2, 0.25) is 0 Å². The van der Waals surface area contributed by atoms with Crippen LogP contribution in [-0.4, -0.2) is 10.1 Å². The van der Waals surface area contributed by atoms with Gasteiger partial charge in [-0.1, -0.05) is 0 Å². The van der Waals surface area contributed by atoms with Crippen molar-refractivity contribution in [3.63, 3.8) is 0 Å². The van der Waals surface area contributed by atoms with Gasteiger partial charge in [-0.15, -0.1) is 0 Å². The lowest BCUT2D eigenvalue weighted by Crippen LogP contribution is -2.06. The van der Waals surface area contributed by atoms with Crippen molar-refractivity contribution in [1.29, 1.82) is 0 Å². The summed E-state index contributed by atoms with van der Waals surface area (Å²) in [4.78, 5) is 3.76. The molecule has 0 aliphatic rings. The fourth-order valence-electron chi connectivity index (χ4n) is 0.767. The second-order valence-electron chi connectivity index (χ2n) is 2.11. The third kappa shape index (κ3) is 1.17. The van der Waals surface area contributed by atoms with E-state index in [1.54, 1.807) is 6.92 Å². The van der Waals surface area contributed by atoms with Gasteiger partial charge in [0.15, 0.2) is 6.39 Å². The number of hydrogen-bond acceptors (Lipinski definition) is 4. The van der Waals surface area contributed by atoms with E-state index in [0.717, 1.165) is 0 Å². The van der Waals surface area contributed by atoms with Gasteiger partial charge in [0, 0.05) is 0 Å². The van der Waals surface area contributed by atoms with Gasteiger partial charge in [0.1, 0.15) is 11.5 Å². The molecule has 1 rings (SSSR count). The highest BCUT2D eigenvalue weighted by molar-refractivity contribution is 5.08. The zero-order valence-electron chi connectivity index (χ0n) is 5.74. The van der Waals surface area contributed by atoms with E-state index in [4.69, 9.17) is 15.3 Å². The molecule has 10 heavy (non-hydrogen) atoms. The fraction of sp³-hybridized carbons (Fsp3) is 0.500. The Morgan fingerprint density at radius 3 is 3.00 bits per heavy atom. The minimum Gasteiger partial charge on any atom is -0.446 e. The Morgan fingerprint density at radius 2 is 2.60 bits per heavy atom. The SMILES string of the molecule is CC(N)c1ocnc1CO. The van der Waals surface area contributed by atoms with Gasteiger partial charge in [-0.25, -0.2) is 4.98 Å². The maximum Gasteiger partial charge on any atom is 0.181 e. The third-order valence-corrected chi connectivity index (χ3v) is 1.24. The van der Waals surface area contributed by atoms with Crippen molar-refractivity contribution in [3.05, 3.63) is 17.8 Å². The molecular formula is C6H10N2O2. The Hall–Kier alpha value is -0.870. The van der Waals surface area contributed by atoms with Crippen molar-refractivity contribution >= 4 is 0 Å². The first-order valence-corrected chi connectivity index (χ1v) is 3.04. The monoisotopic (exact) mass is 142 g/mol. The highest BCUT2D eigenvalue weighted by Gasteiger charge is 2.10. The van der Waals surface area contributed by atoms with Gasteiger partial charge >= 0.3 is 0 Å². The van der Waals surface area contributed by atoms with E-state index in [1.165, 1.54) is 6.39 Å². The van der Waals surface area contributed by atoms with Gasteiger partial charge in [-0.05, 0) is 6.92 Å². The molecule has 0 fully saturated rings. The van der Waals surface area contributed by atoms with Gasteiger partial charge in [-0.2, -0.15) is 0 Å². The predicted octanol–water partition coefficient (Wildman–Crippen LogP) is 0.187. The van der Waals surface area contributed by atoms with Crippen LogP contribution in [0.4, 0.5) is 0 Å². The first-order chi connectivity index (χ1) is 4.75. The Labute approximate surface area is 58.7 Å². The van der Waals surface area contributed by atoms with Crippen LogP contribution < -0.4 is 5.73 Å².